The Kier molecular flexibility index (Phi) is 4.50. The highest BCUT2D eigenvalue weighted by atomic mass is 32.1. The summed E-state index contributed by atoms with van der Waals surface area (Å²) < 4.78 is 6.80. The van der Waals surface area contributed by atoms with Gasteiger partial charge in [0.1, 0.15) is 6.04 Å². The standard InChI is InChI=1S/C16H15N3O2S/c20-16(5-4-13-6-9-21-12-13)17-11-14(15-3-1-10-22-15)19-8-2-7-18-19/h1-10,12,14H,11H2,(H,17,20)/b5-4+/t14-/m0/s1. The molecule has 0 aliphatic carbocycles. The van der Waals surface area contributed by atoms with Crippen LogP contribution in [0.2, 0.25) is 0 Å². The molecule has 0 aromatic carbocycles. The highest BCUT2D eigenvalue weighted by Crippen LogP contribution is 2.21. The number of amides is 1. The van der Waals surface area contributed by atoms with Crippen LogP contribution in [0.1, 0.15) is 16.5 Å². The first kappa shape index (κ1) is 14.3. The van der Waals surface area contributed by atoms with Crippen molar-refractivity contribution < 1.29 is 9.21 Å². The van der Waals surface area contributed by atoms with E-state index in [1.54, 1.807) is 42.2 Å². The van der Waals surface area contributed by atoms with Crippen LogP contribution >= 0.6 is 11.3 Å². The Hall–Kier alpha value is -2.60. The molecular formula is C16H15N3O2S. The van der Waals surface area contributed by atoms with Gasteiger partial charge in [0.2, 0.25) is 5.91 Å². The van der Waals surface area contributed by atoms with Gasteiger partial charge in [0.15, 0.2) is 0 Å². The molecule has 0 spiro atoms. The summed E-state index contributed by atoms with van der Waals surface area (Å²) in [6, 6.07) is 7.71. The largest absolute Gasteiger partial charge is 0.472 e. The fourth-order valence-electron chi connectivity index (χ4n) is 2.07. The number of nitrogens with one attached hydrogen (secondary N) is 1. The Balaban J connectivity index is 1.63. The minimum absolute atomic E-state index is 0.00118. The van der Waals surface area contributed by atoms with Gasteiger partial charge in [-0.25, -0.2) is 0 Å². The van der Waals surface area contributed by atoms with E-state index in [-0.39, 0.29) is 11.9 Å². The molecule has 0 aliphatic rings. The predicted octanol–water partition coefficient (Wildman–Crippen LogP) is 2.96. The van der Waals surface area contributed by atoms with Crippen LogP contribution in [0.15, 0.2) is 65.1 Å². The average Bonchev–Trinajstić information content (AvgIpc) is 3.27. The van der Waals surface area contributed by atoms with E-state index in [1.807, 2.05) is 34.5 Å². The smallest absolute Gasteiger partial charge is 0.244 e. The highest BCUT2D eigenvalue weighted by Gasteiger charge is 2.15. The number of aromatic nitrogens is 2. The molecule has 0 radical (unpaired) electrons. The summed E-state index contributed by atoms with van der Waals surface area (Å²) in [5, 5.41) is 9.21. The molecule has 1 atom stereocenters. The van der Waals surface area contributed by atoms with Crippen LogP contribution < -0.4 is 5.32 Å². The number of thiophene rings is 1. The van der Waals surface area contributed by atoms with Crippen LogP contribution in [0, 0.1) is 0 Å². The van der Waals surface area contributed by atoms with Crippen molar-refractivity contribution in [2.45, 2.75) is 6.04 Å². The van der Waals surface area contributed by atoms with Crippen molar-refractivity contribution in [2.75, 3.05) is 6.54 Å². The van der Waals surface area contributed by atoms with E-state index in [2.05, 4.69) is 10.4 Å². The van der Waals surface area contributed by atoms with E-state index in [0.29, 0.717) is 6.54 Å². The molecule has 5 nitrogen and oxygen atoms in total. The number of carbonyl (C=O) groups excluding carboxylic acids is 1. The fourth-order valence-corrected chi connectivity index (χ4v) is 2.89. The summed E-state index contributed by atoms with van der Waals surface area (Å²) in [5.41, 5.74) is 0.858. The molecule has 0 bridgehead atoms. The van der Waals surface area contributed by atoms with Crippen LogP contribution in [0.4, 0.5) is 0 Å². The molecule has 3 aromatic heterocycles. The van der Waals surface area contributed by atoms with Gasteiger partial charge >= 0.3 is 0 Å². The molecule has 0 saturated heterocycles. The maximum atomic E-state index is 11.9. The zero-order valence-electron chi connectivity index (χ0n) is 11.8. The molecule has 0 aliphatic heterocycles. The first-order chi connectivity index (χ1) is 10.8. The second-order valence-corrected chi connectivity index (χ2v) is 5.63. The van der Waals surface area contributed by atoms with Crippen LogP contribution in [0.5, 0.6) is 0 Å². The molecule has 1 amide bonds. The molecule has 3 rings (SSSR count). The van der Waals surface area contributed by atoms with Crippen LogP contribution in [0.25, 0.3) is 6.08 Å². The number of hydrogen-bond acceptors (Lipinski definition) is 4. The molecule has 0 fully saturated rings. The molecule has 3 heterocycles. The third-order valence-electron chi connectivity index (χ3n) is 3.16. The minimum atomic E-state index is -0.144. The third kappa shape index (κ3) is 3.53. The van der Waals surface area contributed by atoms with Gasteiger partial charge in [-0.3, -0.25) is 9.48 Å². The normalized spacial score (nSPS) is 12.5. The SMILES string of the molecule is O=C(/C=C/c1ccoc1)NC[C@@H](c1cccs1)n1cccn1. The number of nitrogens with zero attached hydrogens (tertiary/aromatic N) is 2. The molecule has 0 unspecified atom stereocenters. The number of carbonyl (C=O) groups is 1. The maximum absolute atomic E-state index is 11.9. The average molecular weight is 313 g/mol. The first-order valence-electron chi connectivity index (χ1n) is 6.83. The molecular weight excluding hydrogens is 298 g/mol. The number of furan rings is 1. The summed E-state index contributed by atoms with van der Waals surface area (Å²) in [7, 11) is 0. The summed E-state index contributed by atoms with van der Waals surface area (Å²) in [6.07, 6.45) is 10.0. The third-order valence-corrected chi connectivity index (χ3v) is 4.13. The Bertz CT molecular complexity index is 681. The van der Waals surface area contributed by atoms with Gasteiger partial charge < -0.3 is 9.73 Å². The Morgan fingerprint density at radius 1 is 1.45 bits per heavy atom. The van der Waals surface area contributed by atoms with E-state index in [1.165, 1.54) is 6.08 Å². The van der Waals surface area contributed by atoms with Crippen LogP contribution in [0.3, 0.4) is 0 Å². The monoisotopic (exact) mass is 313 g/mol. The Morgan fingerprint density at radius 3 is 3.09 bits per heavy atom. The molecule has 1 N–H and O–H groups in total. The molecule has 0 saturated carbocycles. The van der Waals surface area contributed by atoms with E-state index >= 15 is 0 Å². The van der Waals surface area contributed by atoms with E-state index in [4.69, 9.17) is 4.42 Å². The van der Waals surface area contributed by atoms with Gasteiger partial charge in [0.05, 0.1) is 12.5 Å². The predicted molar refractivity (Wildman–Crippen MR) is 85.4 cm³/mol. The van der Waals surface area contributed by atoms with Crippen molar-refractivity contribution in [1.29, 1.82) is 0 Å². The number of hydrogen-bond donors (Lipinski definition) is 1. The van der Waals surface area contributed by atoms with E-state index in [0.717, 1.165) is 10.4 Å². The van der Waals surface area contributed by atoms with E-state index < -0.39 is 0 Å². The van der Waals surface area contributed by atoms with Crippen molar-refractivity contribution >= 4 is 23.3 Å². The molecule has 112 valence electrons. The first-order valence-corrected chi connectivity index (χ1v) is 7.71. The van der Waals surface area contributed by atoms with Crippen molar-refractivity contribution in [1.82, 2.24) is 15.1 Å². The second-order valence-electron chi connectivity index (χ2n) is 4.65. The second kappa shape index (κ2) is 6.91. The topological polar surface area (TPSA) is 60.1 Å². The number of rotatable bonds is 6. The summed E-state index contributed by atoms with van der Waals surface area (Å²) in [4.78, 5) is 13.1. The van der Waals surface area contributed by atoms with Crippen LogP contribution in [-0.2, 0) is 4.79 Å². The van der Waals surface area contributed by atoms with E-state index in [9.17, 15) is 4.79 Å². The maximum Gasteiger partial charge on any atom is 0.244 e. The fraction of sp³-hybridized carbons (Fsp3) is 0.125. The van der Waals surface area contributed by atoms with Gasteiger partial charge in [0, 0.05) is 35.5 Å². The molecule has 3 aromatic rings. The molecule has 22 heavy (non-hydrogen) atoms. The zero-order chi connectivity index (χ0) is 15.2. The summed E-state index contributed by atoms with van der Waals surface area (Å²) in [6.45, 7) is 0.483. The quantitative estimate of drug-likeness (QED) is 0.712. The van der Waals surface area contributed by atoms with Crippen LogP contribution in [-0.4, -0.2) is 22.2 Å². The van der Waals surface area contributed by atoms with Crippen molar-refractivity contribution in [2.24, 2.45) is 0 Å². The Labute approximate surface area is 131 Å². The van der Waals surface area contributed by atoms with Gasteiger partial charge in [-0.05, 0) is 29.7 Å². The summed E-state index contributed by atoms with van der Waals surface area (Å²) in [5.74, 6) is -0.144. The van der Waals surface area contributed by atoms with Gasteiger partial charge in [0.25, 0.3) is 0 Å². The van der Waals surface area contributed by atoms with Crippen molar-refractivity contribution in [3.63, 3.8) is 0 Å². The minimum Gasteiger partial charge on any atom is -0.472 e. The Morgan fingerprint density at radius 2 is 2.41 bits per heavy atom. The van der Waals surface area contributed by atoms with Gasteiger partial charge in [-0.15, -0.1) is 11.3 Å². The lowest BCUT2D eigenvalue weighted by atomic mass is 10.2. The van der Waals surface area contributed by atoms with Crippen molar-refractivity contribution in [3.05, 3.63) is 71.1 Å². The zero-order valence-corrected chi connectivity index (χ0v) is 12.6. The highest BCUT2D eigenvalue weighted by molar-refractivity contribution is 7.10. The van der Waals surface area contributed by atoms with Gasteiger partial charge in [-0.2, -0.15) is 5.10 Å². The lowest BCUT2D eigenvalue weighted by Gasteiger charge is -2.16. The van der Waals surface area contributed by atoms with Crippen molar-refractivity contribution in [3.8, 4) is 0 Å². The lowest BCUT2D eigenvalue weighted by molar-refractivity contribution is -0.116. The molecule has 6 heteroatoms. The van der Waals surface area contributed by atoms with Gasteiger partial charge in [-0.1, -0.05) is 6.07 Å². The lowest BCUT2D eigenvalue weighted by Crippen LogP contribution is -2.30. The summed E-state index contributed by atoms with van der Waals surface area (Å²) >= 11 is 1.65.